The van der Waals surface area contributed by atoms with Gasteiger partial charge in [0.2, 0.25) is 0 Å². The molecule has 0 bridgehead atoms. The lowest BCUT2D eigenvalue weighted by Crippen LogP contribution is -2.26. The van der Waals surface area contributed by atoms with Crippen LogP contribution in [0.1, 0.15) is 36.0 Å². The van der Waals surface area contributed by atoms with Crippen molar-refractivity contribution in [3.05, 3.63) is 41.6 Å². The standard InChI is InChI=1S/C17H20N4O4/c18-10-12(17(25)20-9-5-1-2-8-15(22)23)11-21-14-7-4-3-6-13(14)16(19)24/h3-4,6-7,11,21H,1-2,5,8-9H2,(H2,19,24)(H,20,25)(H,22,23)/b12-11-. The molecule has 1 rings (SSSR count). The monoisotopic (exact) mass is 344 g/mol. The fourth-order valence-corrected chi connectivity index (χ4v) is 2.00. The summed E-state index contributed by atoms with van der Waals surface area (Å²) in [4.78, 5) is 33.6. The molecule has 0 saturated heterocycles. The number of carboxylic acids is 1. The highest BCUT2D eigenvalue weighted by Gasteiger charge is 2.10. The Hall–Kier alpha value is -3.34. The molecule has 0 fully saturated rings. The summed E-state index contributed by atoms with van der Waals surface area (Å²) in [6, 6.07) is 8.25. The lowest BCUT2D eigenvalue weighted by atomic mass is 10.1. The summed E-state index contributed by atoms with van der Waals surface area (Å²) in [7, 11) is 0. The molecule has 5 N–H and O–H groups in total. The maximum Gasteiger partial charge on any atom is 0.303 e. The number of carbonyl (C=O) groups excluding carboxylic acids is 2. The molecule has 8 nitrogen and oxygen atoms in total. The van der Waals surface area contributed by atoms with Crippen LogP contribution < -0.4 is 16.4 Å². The number of nitrogens with two attached hydrogens (primary N) is 1. The summed E-state index contributed by atoms with van der Waals surface area (Å²) in [5.74, 6) is -2.02. The van der Waals surface area contributed by atoms with Crippen molar-refractivity contribution in [1.29, 1.82) is 5.26 Å². The minimum absolute atomic E-state index is 0.0977. The molecule has 0 heterocycles. The number of nitrogens with one attached hydrogen (secondary N) is 2. The quantitative estimate of drug-likeness (QED) is 0.286. The zero-order chi connectivity index (χ0) is 18.7. The molecule has 0 unspecified atom stereocenters. The van der Waals surface area contributed by atoms with Crippen molar-refractivity contribution in [2.24, 2.45) is 5.73 Å². The Kier molecular flexibility index (Phi) is 8.23. The number of carboxylic acid groups (broad SMARTS) is 1. The number of amides is 2. The van der Waals surface area contributed by atoms with Gasteiger partial charge in [-0.2, -0.15) is 5.26 Å². The van der Waals surface area contributed by atoms with Crippen molar-refractivity contribution in [3.63, 3.8) is 0 Å². The van der Waals surface area contributed by atoms with Gasteiger partial charge in [0.15, 0.2) is 0 Å². The van der Waals surface area contributed by atoms with Crippen LogP contribution in [0.2, 0.25) is 0 Å². The third-order valence-electron chi connectivity index (χ3n) is 3.28. The summed E-state index contributed by atoms with van der Waals surface area (Å²) < 4.78 is 0. The van der Waals surface area contributed by atoms with Gasteiger partial charge >= 0.3 is 5.97 Å². The molecular weight excluding hydrogens is 324 g/mol. The number of primary amides is 1. The second kappa shape index (κ2) is 10.4. The fraction of sp³-hybridized carbons (Fsp3) is 0.294. The van der Waals surface area contributed by atoms with Crippen molar-refractivity contribution in [2.75, 3.05) is 11.9 Å². The maximum absolute atomic E-state index is 11.9. The minimum Gasteiger partial charge on any atom is -0.481 e. The molecule has 2 amide bonds. The molecule has 0 aliphatic carbocycles. The molecule has 0 atom stereocenters. The van der Waals surface area contributed by atoms with E-state index in [1.54, 1.807) is 24.3 Å². The number of aliphatic carboxylic acids is 1. The van der Waals surface area contributed by atoms with Crippen LogP contribution in [0.25, 0.3) is 0 Å². The first-order valence-electron chi connectivity index (χ1n) is 7.71. The van der Waals surface area contributed by atoms with E-state index in [1.807, 2.05) is 0 Å². The minimum atomic E-state index is -0.846. The van der Waals surface area contributed by atoms with Crippen LogP contribution >= 0.6 is 0 Å². The molecule has 0 spiro atoms. The number of hydrogen-bond donors (Lipinski definition) is 4. The second-order valence-corrected chi connectivity index (χ2v) is 5.18. The van der Waals surface area contributed by atoms with E-state index >= 15 is 0 Å². The summed E-state index contributed by atoms with van der Waals surface area (Å²) >= 11 is 0. The van der Waals surface area contributed by atoms with Crippen LogP contribution in [0, 0.1) is 11.3 Å². The number of unbranched alkanes of at least 4 members (excludes halogenated alkanes) is 2. The highest BCUT2D eigenvalue weighted by Crippen LogP contribution is 2.14. The summed E-state index contributed by atoms with van der Waals surface area (Å²) in [6.45, 7) is 0.343. The lowest BCUT2D eigenvalue weighted by Gasteiger charge is -2.07. The van der Waals surface area contributed by atoms with E-state index in [2.05, 4.69) is 10.6 Å². The topological polar surface area (TPSA) is 145 Å². The van der Waals surface area contributed by atoms with Gasteiger partial charge < -0.3 is 21.5 Å². The smallest absolute Gasteiger partial charge is 0.303 e. The Bertz CT molecular complexity index is 707. The van der Waals surface area contributed by atoms with Crippen LogP contribution in [-0.2, 0) is 9.59 Å². The predicted molar refractivity (Wildman–Crippen MR) is 91.4 cm³/mol. The number of rotatable bonds is 10. The van der Waals surface area contributed by atoms with Gasteiger partial charge in [-0.1, -0.05) is 18.6 Å². The molecule has 0 aromatic heterocycles. The molecule has 132 valence electrons. The number of nitriles is 1. The Morgan fingerprint density at radius 1 is 1.20 bits per heavy atom. The number of hydrogen-bond acceptors (Lipinski definition) is 5. The van der Waals surface area contributed by atoms with E-state index in [1.165, 1.54) is 12.3 Å². The van der Waals surface area contributed by atoms with Crippen molar-refractivity contribution in [3.8, 4) is 6.07 Å². The van der Waals surface area contributed by atoms with E-state index in [9.17, 15) is 14.4 Å². The van der Waals surface area contributed by atoms with E-state index in [0.717, 1.165) is 0 Å². The average molecular weight is 344 g/mol. The van der Waals surface area contributed by atoms with Gasteiger partial charge in [0.05, 0.1) is 11.3 Å². The van der Waals surface area contributed by atoms with E-state index in [-0.39, 0.29) is 17.6 Å². The number of benzene rings is 1. The first kappa shape index (κ1) is 19.7. The summed E-state index contributed by atoms with van der Waals surface area (Å²) in [5.41, 5.74) is 5.75. The zero-order valence-electron chi connectivity index (χ0n) is 13.6. The lowest BCUT2D eigenvalue weighted by molar-refractivity contribution is -0.137. The van der Waals surface area contributed by atoms with E-state index in [0.29, 0.717) is 31.5 Å². The average Bonchev–Trinajstić information content (AvgIpc) is 2.58. The van der Waals surface area contributed by atoms with Crippen molar-refractivity contribution < 1.29 is 19.5 Å². The van der Waals surface area contributed by atoms with Crippen LogP contribution in [0.15, 0.2) is 36.0 Å². The van der Waals surface area contributed by atoms with Crippen molar-refractivity contribution in [1.82, 2.24) is 5.32 Å². The van der Waals surface area contributed by atoms with Crippen molar-refractivity contribution >= 4 is 23.5 Å². The molecular formula is C17H20N4O4. The fourth-order valence-electron chi connectivity index (χ4n) is 2.00. The normalized spacial score (nSPS) is 10.6. The van der Waals surface area contributed by atoms with Crippen LogP contribution in [0.3, 0.4) is 0 Å². The van der Waals surface area contributed by atoms with Gasteiger partial charge in [0, 0.05) is 19.2 Å². The largest absolute Gasteiger partial charge is 0.481 e. The molecule has 1 aromatic carbocycles. The maximum atomic E-state index is 11.9. The number of anilines is 1. The van der Waals surface area contributed by atoms with Crippen molar-refractivity contribution in [2.45, 2.75) is 25.7 Å². The Balaban J connectivity index is 2.53. The Morgan fingerprint density at radius 2 is 1.92 bits per heavy atom. The second-order valence-electron chi connectivity index (χ2n) is 5.18. The molecule has 25 heavy (non-hydrogen) atoms. The third-order valence-corrected chi connectivity index (χ3v) is 3.28. The van der Waals surface area contributed by atoms with Gasteiger partial charge in [0.25, 0.3) is 11.8 Å². The molecule has 0 saturated carbocycles. The van der Waals surface area contributed by atoms with Gasteiger partial charge in [-0.15, -0.1) is 0 Å². The first-order valence-corrected chi connectivity index (χ1v) is 7.71. The summed E-state index contributed by atoms with van der Waals surface area (Å²) in [6.07, 6.45) is 3.14. The Labute approximate surface area is 145 Å². The van der Waals surface area contributed by atoms with Gasteiger partial charge in [-0.05, 0) is 25.0 Å². The predicted octanol–water partition coefficient (Wildman–Crippen LogP) is 1.37. The Morgan fingerprint density at radius 3 is 2.56 bits per heavy atom. The highest BCUT2D eigenvalue weighted by molar-refractivity contribution is 6.00. The molecule has 8 heteroatoms. The van der Waals surface area contributed by atoms with Gasteiger partial charge in [-0.3, -0.25) is 14.4 Å². The van der Waals surface area contributed by atoms with E-state index < -0.39 is 17.8 Å². The molecule has 1 aromatic rings. The van der Waals surface area contributed by atoms with Gasteiger partial charge in [0.1, 0.15) is 11.6 Å². The molecule has 0 aliphatic rings. The number of carbonyl (C=O) groups is 3. The first-order chi connectivity index (χ1) is 12.0. The highest BCUT2D eigenvalue weighted by atomic mass is 16.4. The van der Waals surface area contributed by atoms with E-state index in [4.69, 9.17) is 16.1 Å². The molecule has 0 radical (unpaired) electrons. The van der Waals surface area contributed by atoms with Gasteiger partial charge in [-0.25, -0.2) is 0 Å². The summed E-state index contributed by atoms with van der Waals surface area (Å²) in [5, 5.41) is 22.9. The SMILES string of the molecule is N#C/C(=C/Nc1ccccc1C(N)=O)C(=O)NCCCCCC(=O)O. The van der Waals surface area contributed by atoms with Crippen LogP contribution in [-0.4, -0.2) is 29.4 Å². The number of nitrogens with zero attached hydrogens (tertiary/aromatic N) is 1. The van der Waals surface area contributed by atoms with Crippen LogP contribution in [0.4, 0.5) is 5.69 Å². The number of para-hydroxylation sites is 1. The van der Waals surface area contributed by atoms with Crippen LogP contribution in [0.5, 0.6) is 0 Å². The zero-order valence-corrected chi connectivity index (χ0v) is 13.6. The molecule has 0 aliphatic heterocycles. The third kappa shape index (κ3) is 7.18.